The van der Waals surface area contributed by atoms with Crippen LogP contribution in [0.3, 0.4) is 0 Å². The van der Waals surface area contributed by atoms with E-state index in [1.54, 1.807) is 23.5 Å². The molecular formula is C22H31IN4O2S. The van der Waals surface area contributed by atoms with Crippen LogP contribution in [-0.2, 0) is 16.6 Å². The van der Waals surface area contributed by atoms with Crippen molar-refractivity contribution in [3.8, 4) is 0 Å². The third-order valence-electron chi connectivity index (χ3n) is 5.23. The number of rotatable bonds is 6. The Balaban J connectivity index is 0.00000320. The van der Waals surface area contributed by atoms with Gasteiger partial charge in [0.05, 0.1) is 10.9 Å². The van der Waals surface area contributed by atoms with Gasteiger partial charge in [-0.1, -0.05) is 55.0 Å². The predicted molar refractivity (Wildman–Crippen MR) is 133 cm³/mol. The third kappa shape index (κ3) is 6.18. The Morgan fingerprint density at radius 1 is 1.03 bits per heavy atom. The van der Waals surface area contributed by atoms with E-state index in [1.165, 1.54) is 0 Å². The fourth-order valence-electron chi connectivity index (χ4n) is 3.55. The number of hydrogen-bond acceptors (Lipinski definition) is 3. The van der Waals surface area contributed by atoms with E-state index in [2.05, 4.69) is 34.7 Å². The van der Waals surface area contributed by atoms with Gasteiger partial charge in [-0.3, -0.25) is 4.99 Å². The number of guanidine groups is 1. The van der Waals surface area contributed by atoms with Crippen LogP contribution in [0.15, 0.2) is 64.5 Å². The molecular weight excluding hydrogens is 511 g/mol. The minimum absolute atomic E-state index is 0. The molecule has 0 spiro atoms. The van der Waals surface area contributed by atoms with Crippen molar-refractivity contribution in [3.63, 3.8) is 0 Å². The second kappa shape index (κ2) is 11.7. The highest BCUT2D eigenvalue weighted by atomic mass is 127. The van der Waals surface area contributed by atoms with Gasteiger partial charge < -0.3 is 10.6 Å². The molecule has 8 heteroatoms. The van der Waals surface area contributed by atoms with Gasteiger partial charge in [-0.25, -0.2) is 8.42 Å². The number of hydrogen-bond donors (Lipinski definition) is 2. The molecule has 1 heterocycles. The summed E-state index contributed by atoms with van der Waals surface area (Å²) >= 11 is 0. The highest BCUT2D eigenvalue weighted by molar-refractivity contribution is 14.0. The van der Waals surface area contributed by atoms with Crippen LogP contribution in [0.2, 0.25) is 0 Å². The van der Waals surface area contributed by atoms with Crippen molar-refractivity contribution in [1.82, 2.24) is 14.9 Å². The van der Waals surface area contributed by atoms with Crippen molar-refractivity contribution in [2.75, 3.05) is 20.1 Å². The molecule has 0 aromatic heterocycles. The summed E-state index contributed by atoms with van der Waals surface area (Å²) in [6, 6.07) is 17.4. The number of nitrogens with one attached hydrogen (secondary N) is 2. The van der Waals surface area contributed by atoms with Gasteiger partial charge in [-0.2, -0.15) is 4.31 Å². The maximum atomic E-state index is 13.1. The molecule has 0 amide bonds. The Morgan fingerprint density at radius 2 is 1.67 bits per heavy atom. The lowest BCUT2D eigenvalue weighted by Gasteiger charge is -2.27. The van der Waals surface area contributed by atoms with Crippen molar-refractivity contribution in [1.29, 1.82) is 0 Å². The van der Waals surface area contributed by atoms with E-state index in [-0.39, 0.29) is 30.0 Å². The van der Waals surface area contributed by atoms with Gasteiger partial charge in [-0.15, -0.1) is 24.0 Å². The summed E-state index contributed by atoms with van der Waals surface area (Å²) < 4.78 is 27.9. The van der Waals surface area contributed by atoms with Gasteiger partial charge in [0.1, 0.15) is 0 Å². The third-order valence-corrected chi connectivity index (χ3v) is 7.23. The van der Waals surface area contributed by atoms with E-state index in [0.717, 1.165) is 30.4 Å². The molecule has 0 aliphatic carbocycles. The van der Waals surface area contributed by atoms with E-state index in [1.807, 2.05) is 30.3 Å². The number of piperidine rings is 1. The molecule has 1 aliphatic heterocycles. The first-order valence-electron chi connectivity index (χ1n) is 10.1. The average molecular weight is 542 g/mol. The fraction of sp³-hybridized carbons (Fsp3) is 0.409. The van der Waals surface area contributed by atoms with Crippen LogP contribution in [0, 0.1) is 0 Å². The summed E-state index contributed by atoms with van der Waals surface area (Å²) in [5.74, 6) is 0.631. The van der Waals surface area contributed by atoms with E-state index >= 15 is 0 Å². The van der Waals surface area contributed by atoms with Gasteiger partial charge in [-0.05, 0) is 37.0 Å². The van der Waals surface area contributed by atoms with Crippen LogP contribution in [-0.4, -0.2) is 38.8 Å². The summed E-state index contributed by atoms with van der Waals surface area (Å²) in [4.78, 5) is 4.66. The van der Waals surface area contributed by atoms with Crippen molar-refractivity contribution in [2.24, 2.45) is 4.99 Å². The standard InChI is InChI=1S/C22H30N4O2S.HI/c1-18(19-11-5-3-6-12-19)25-22(23-2)24-17-20-13-7-8-14-21(20)29(27,28)26-15-9-4-10-16-26;/h3,5-8,11-14,18H,4,9-10,15-17H2,1-2H3,(H2,23,24,25);1H. The molecule has 1 fully saturated rings. The Morgan fingerprint density at radius 3 is 2.33 bits per heavy atom. The molecule has 0 bridgehead atoms. The first-order valence-corrected chi connectivity index (χ1v) is 11.6. The van der Waals surface area contributed by atoms with E-state index in [9.17, 15) is 8.42 Å². The van der Waals surface area contributed by atoms with Crippen molar-refractivity contribution in [3.05, 3.63) is 65.7 Å². The molecule has 2 aromatic carbocycles. The zero-order chi connectivity index (χ0) is 20.7. The molecule has 3 rings (SSSR count). The topological polar surface area (TPSA) is 73.8 Å². The molecule has 2 aromatic rings. The molecule has 1 atom stereocenters. The van der Waals surface area contributed by atoms with Crippen molar-refractivity contribution < 1.29 is 8.42 Å². The van der Waals surface area contributed by atoms with E-state index < -0.39 is 10.0 Å². The number of nitrogens with zero attached hydrogens (tertiary/aromatic N) is 2. The molecule has 1 saturated heterocycles. The first-order chi connectivity index (χ1) is 14.0. The van der Waals surface area contributed by atoms with Crippen molar-refractivity contribution in [2.45, 2.75) is 43.7 Å². The predicted octanol–water partition coefficient (Wildman–Crippen LogP) is 3.91. The van der Waals surface area contributed by atoms with E-state index in [0.29, 0.717) is 30.5 Å². The summed E-state index contributed by atoms with van der Waals surface area (Å²) in [6.07, 6.45) is 2.94. The second-order valence-electron chi connectivity index (χ2n) is 7.27. The average Bonchev–Trinajstić information content (AvgIpc) is 2.77. The van der Waals surface area contributed by atoms with Crippen LogP contribution in [0.1, 0.15) is 43.4 Å². The van der Waals surface area contributed by atoms with Crippen molar-refractivity contribution >= 4 is 40.0 Å². The maximum Gasteiger partial charge on any atom is 0.243 e. The van der Waals surface area contributed by atoms with Crippen LogP contribution >= 0.6 is 24.0 Å². The Bertz CT molecular complexity index is 929. The molecule has 2 N–H and O–H groups in total. The monoisotopic (exact) mass is 542 g/mol. The summed E-state index contributed by atoms with van der Waals surface area (Å²) in [5.41, 5.74) is 1.90. The normalized spacial score (nSPS) is 16.4. The maximum absolute atomic E-state index is 13.1. The zero-order valence-electron chi connectivity index (χ0n) is 17.5. The van der Waals surface area contributed by atoms with Crippen LogP contribution in [0.25, 0.3) is 0 Å². The van der Waals surface area contributed by atoms with Crippen LogP contribution in [0.5, 0.6) is 0 Å². The highest BCUT2D eigenvalue weighted by Gasteiger charge is 2.27. The van der Waals surface area contributed by atoms with Gasteiger partial charge >= 0.3 is 0 Å². The lowest BCUT2D eigenvalue weighted by molar-refractivity contribution is 0.346. The SMILES string of the molecule is CN=C(NCc1ccccc1S(=O)(=O)N1CCCCC1)NC(C)c1ccccc1.I. The molecule has 0 saturated carbocycles. The lowest BCUT2D eigenvalue weighted by atomic mass is 10.1. The minimum atomic E-state index is -3.48. The zero-order valence-corrected chi connectivity index (χ0v) is 20.7. The Kier molecular flexibility index (Phi) is 9.57. The number of benzene rings is 2. The summed E-state index contributed by atoms with van der Waals surface area (Å²) in [6.45, 7) is 3.64. The minimum Gasteiger partial charge on any atom is -0.352 e. The quantitative estimate of drug-likeness (QED) is 0.330. The number of halogens is 1. The molecule has 6 nitrogen and oxygen atoms in total. The molecule has 0 radical (unpaired) electrons. The molecule has 1 unspecified atom stereocenters. The summed E-state index contributed by atoms with van der Waals surface area (Å²) in [5, 5.41) is 6.61. The molecule has 164 valence electrons. The smallest absolute Gasteiger partial charge is 0.243 e. The second-order valence-corrected chi connectivity index (χ2v) is 9.18. The molecule has 1 aliphatic rings. The summed E-state index contributed by atoms with van der Waals surface area (Å²) in [7, 11) is -1.77. The highest BCUT2D eigenvalue weighted by Crippen LogP contribution is 2.23. The van der Waals surface area contributed by atoms with Gasteiger partial charge in [0.15, 0.2) is 5.96 Å². The molecule has 30 heavy (non-hydrogen) atoms. The van der Waals surface area contributed by atoms with Gasteiger partial charge in [0, 0.05) is 26.7 Å². The van der Waals surface area contributed by atoms with Crippen LogP contribution < -0.4 is 10.6 Å². The van der Waals surface area contributed by atoms with Crippen LogP contribution in [0.4, 0.5) is 0 Å². The van der Waals surface area contributed by atoms with E-state index in [4.69, 9.17) is 0 Å². The number of sulfonamides is 1. The lowest BCUT2D eigenvalue weighted by Crippen LogP contribution is -2.39. The largest absolute Gasteiger partial charge is 0.352 e. The van der Waals surface area contributed by atoms with Gasteiger partial charge in [0.2, 0.25) is 10.0 Å². The fourth-order valence-corrected chi connectivity index (χ4v) is 5.29. The Labute approximate surface area is 197 Å². The Hall–Kier alpha value is -1.65. The first kappa shape index (κ1) is 24.6. The van der Waals surface area contributed by atoms with Gasteiger partial charge in [0.25, 0.3) is 0 Å². The number of aliphatic imine (C=N–C) groups is 1.